The largest absolute Gasteiger partial charge is 0.393 e. The second-order valence-corrected chi connectivity index (χ2v) is 12.0. The Morgan fingerprint density at radius 2 is 1.71 bits per heavy atom. The summed E-state index contributed by atoms with van der Waals surface area (Å²) >= 11 is 0. The van der Waals surface area contributed by atoms with Gasteiger partial charge in [0.05, 0.1) is 24.4 Å². The van der Waals surface area contributed by atoms with E-state index < -0.39 is 18.3 Å². The van der Waals surface area contributed by atoms with Crippen molar-refractivity contribution in [3.63, 3.8) is 0 Å². The summed E-state index contributed by atoms with van der Waals surface area (Å²) in [7, 11) is 0. The first-order chi connectivity index (χ1) is 14.5. The highest BCUT2D eigenvalue weighted by Gasteiger charge is 2.57. The van der Waals surface area contributed by atoms with Crippen LogP contribution in [-0.4, -0.2) is 44.8 Å². The number of aliphatic hydroxyl groups is 4. The molecule has 0 radical (unpaired) electrons. The van der Waals surface area contributed by atoms with Crippen molar-refractivity contribution in [1.82, 2.24) is 0 Å². The van der Waals surface area contributed by atoms with Crippen LogP contribution in [0.15, 0.2) is 22.8 Å². The fraction of sp³-hybridized carbons (Fsp3) is 0.852. The predicted molar refractivity (Wildman–Crippen MR) is 123 cm³/mol. The van der Waals surface area contributed by atoms with Crippen LogP contribution in [0.25, 0.3) is 0 Å². The molecule has 0 saturated heterocycles. The lowest BCUT2D eigenvalue weighted by molar-refractivity contribution is -0.133. The smallest absolute Gasteiger partial charge is 0.0860 e. The van der Waals surface area contributed by atoms with Gasteiger partial charge in [0.25, 0.3) is 0 Å². The van der Waals surface area contributed by atoms with E-state index in [4.69, 9.17) is 0 Å². The van der Waals surface area contributed by atoms with Crippen molar-refractivity contribution in [2.75, 3.05) is 0 Å². The highest BCUT2D eigenvalue weighted by atomic mass is 16.3. The second-order valence-electron chi connectivity index (χ2n) is 12.0. The zero-order valence-corrected chi connectivity index (χ0v) is 20.1. The van der Waals surface area contributed by atoms with Gasteiger partial charge in [0, 0.05) is 5.92 Å². The van der Waals surface area contributed by atoms with E-state index in [1.54, 1.807) is 0 Å². The quantitative estimate of drug-likeness (QED) is 0.520. The van der Waals surface area contributed by atoms with Crippen molar-refractivity contribution < 1.29 is 20.4 Å². The van der Waals surface area contributed by atoms with Gasteiger partial charge in [-0.25, -0.2) is 0 Å². The fourth-order valence-electron chi connectivity index (χ4n) is 7.86. The first-order valence-electron chi connectivity index (χ1n) is 12.7. The van der Waals surface area contributed by atoms with Crippen molar-refractivity contribution in [3.05, 3.63) is 22.8 Å². The van der Waals surface area contributed by atoms with Gasteiger partial charge in [-0.1, -0.05) is 46.3 Å². The molecule has 0 spiro atoms. The maximum Gasteiger partial charge on any atom is 0.0860 e. The third kappa shape index (κ3) is 3.66. The van der Waals surface area contributed by atoms with Crippen LogP contribution in [0.4, 0.5) is 0 Å². The maximum atomic E-state index is 11.1. The number of fused-ring (bicyclic) bond motifs is 4. The van der Waals surface area contributed by atoms with Crippen molar-refractivity contribution in [3.8, 4) is 0 Å². The van der Waals surface area contributed by atoms with E-state index in [0.717, 1.165) is 38.5 Å². The Hall–Kier alpha value is -0.680. The summed E-state index contributed by atoms with van der Waals surface area (Å²) in [5.74, 6) is 1.17. The van der Waals surface area contributed by atoms with Crippen LogP contribution < -0.4 is 0 Å². The number of allylic oxidation sites excluding steroid dienone is 3. The van der Waals surface area contributed by atoms with Crippen LogP contribution in [0.1, 0.15) is 86.0 Å². The van der Waals surface area contributed by atoms with E-state index >= 15 is 0 Å². The summed E-state index contributed by atoms with van der Waals surface area (Å²) < 4.78 is 0. The van der Waals surface area contributed by atoms with Gasteiger partial charge >= 0.3 is 0 Å². The van der Waals surface area contributed by atoms with E-state index in [-0.39, 0.29) is 22.9 Å². The van der Waals surface area contributed by atoms with Crippen molar-refractivity contribution >= 4 is 0 Å². The Labute approximate surface area is 188 Å². The topological polar surface area (TPSA) is 80.9 Å². The molecular weight excluding hydrogens is 388 g/mol. The number of hydrogen-bond acceptors (Lipinski definition) is 4. The van der Waals surface area contributed by atoms with Crippen molar-refractivity contribution in [1.29, 1.82) is 0 Å². The third-order valence-corrected chi connectivity index (χ3v) is 9.94. The minimum absolute atomic E-state index is 0.136. The number of hydrogen-bond donors (Lipinski definition) is 4. The van der Waals surface area contributed by atoms with Crippen LogP contribution in [-0.2, 0) is 0 Å². The van der Waals surface area contributed by atoms with Crippen LogP contribution >= 0.6 is 0 Å². The molecule has 0 aromatic carbocycles. The molecule has 0 heterocycles. The molecule has 1 saturated carbocycles. The molecule has 4 rings (SSSR count). The van der Waals surface area contributed by atoms with E-state index in [0.29, 0.717) is 30.6 Å². The SMILES string of the molecule is CC(C)[C@@H](O)CC[C@@H](C)[C@H]1CC=C2C3=C(CC[C@@]21C)[C@@]1(C)CC[C@H](O)[C@H](O)C1C(O)C3. The molecule has 0 bridgehead atoms. The Morgan fingerprint density at radius 1 is 1.00 bits per heavy atom. The minimum atomic E-state index is -0.839. The number of aliphatic hydroxyl groups excluding tert-OH is 4. The molecule has 4 aliphatic carbocycles. The maximum absolute atomic E-state index is 11.1. The minimum Gasteiger partial charge on any atom is -0.393 e. The predicted octanol–water partition coefficient (Wildman–Crippen LogP) is 4.37. The molecule has 31 heavy (non-hydrogen) atoms. The van der Waals surface area contributed by atoms with Crippen LogP contribution in [0.5, 0.6) is 0 Å². The second kappa shape index (κ2) is 8.27. The normalized spacial score (nSPS) is 44.5. The molecule has 4 heteroatoms. The molecule has 0 aromatic rings. The lowest BCUT2D eigenvalue weighted by atomic mass is 9.50. The van der Waals surface area contributed by atoms with Gasteiger partial charge in [0.15, 0.2) is 0 Å². The van der Waals surface area contributed by atoms with Crippen LogP contribution in [0.2, 0.25) is 0 Å². The van der Waals surface area contributed by atoms with E-state index in [9.17, 15) is 20.4 Å². The average molecular weight is 433 g/mol. The summed E-state index contributed by atoms with van der Waals surface area (Å²) in [6, 6.07) is 0. The van der Waals surface area contributed by atoms with Gasteiger partial charge in [-0.3, -0.25) is 0 Å². The molecule has 4 nitrogen and oxygen atoms in total. The van der Waals surface area contributed by atoms with Gasteiger partial charge in [-0.05, 0) is 91.1 Å². The standard InChI is InChI=1S/C27H44O4/c1-15(2)21(28)9-6-16(3)18-7-8-19-17-14-23(30)24-25(31)22(29)11-13-27(24,5)20(17)10-12-26(18,19)4/h8,15-16,18,21-25,28-31H,6-7,9-14H2,1-5H3/t16-,18-,21+,22+,23?,24?,25+,26-,27-/m1/s1. The van der Waals surface area contributed by atoms with Gasteiger partial charge in [-0.2, -0.15) is 0 Å². The molecule has 2 unspecified atom stereocenters. The van der Waals surface area contributed by atoms with Crippen molar-refractivity contribution in [2.24, 2.45) is 34.5 Å². The molecule has 0 aromatic heterocycles. The van der Waals surface area contributed by atoms with Gasteiger partial charge in [0.2, 0.25) is 0 Å². The third-order valence-electron chi connectivity index (χ3n) is 9.94. The first-order valence-corrected chi connectivity index (χ1v) is 12.7. The van der Waals surface area contributed by atoms with Crippen molar-refractivity contribution in [2.45, 2.75) is 110 Å². The zero-order valence-electron chi connectivity index (χ0n) is 20.1. The highest BCUT2D eigenvalue weighted by molar-refractivity contribution is 5.50. The Bertz CT molecular complexity index is 754. The fourth-order valence-corrected chi connectivity index (χ4v) is 7.86. The van der Waals surface area contributed by atoms with Gasteiger partial charge < -0.3 is 20.4 Å². The van der Waals surface area contributed by atoms with E-state index in [1.165, 1.54) is 16.7 Å². The molecule has 9 atom stereocenters. The van der Waals surface area contributed by atoms with E-state index in [1.807, 2.05) is 0 Å². The lowest BCUT2D eigenvalue weighted by Crippen LogP contribution is -2.56. The Kier molecular flexibility index (Phi) is 6.26. The highest BCUT2D eigenvalue weighted by Crippen LogP contribution is 2.64. The summed E-state index contributed by atoms with van der Waals surface area (Å²) in [4.78, 5) is 0. The summed E-state index contributed by atoms with van der Waals surface area (Å²) in [5, 5.41) is 42.4. The molecule has 0 amide bonds. The average Bonchev–Trinajstić information content (AvgIpc) is 3.06. The van der Waals surface area contributed by atoms with Crippen LogP contribution in [0.3, 0.4) is 0 Å². The zero-order chi connectivity index (χ0) is 22.7. The van der Waals surface area contributed by atoms with Gasteiger partial charge in [0.1, 0.15) is 0 Å². The first kappa shape index (κ1) is 23.5. The van der Waals surface area contributed by atoms with E-state index in [2.05, 4.69) is 40.7 Å². The van der Waals surface area contributed by atoms with Gasteiger partial charge in [-0.15, -0.1) is 0 Å². The molecule has 4 aliphatic rings. The molecule has 0 aliphatic heterocycles. The summed E-state index contributed by atoms with van der Waals surface area (Å²) in [6.07, 6.45) is 7.26. The summed E-state index contributed by atoms with van der Waals surface area (Å²) in [6.45, 7) is 11.2. The number of rotatable bonds is 5. The Balaban J connectivity index is 1.59. The van der Waals surface area contributed by atoms with Crippen LogP contribution in [0, 0.1) is 34.5 Å². The monoisotopic (exact) mass is 432 g/mol. The molecule has 4 N–H and O–H groups in total. The molecule has 1 fully saturated rings. The molecular formula is C27H44O4. The Morgan fingerprint density at radius 3 is 2.39 bits per heavy atom. The summed E-state index contributed by atoms with van der Waals surface area (Å²) in [5.41, 5.74) is 4.17. The lowest BCUT2D eigenvalue weighted by Gasteiger charge is -2.56. The molecule has 176 valence electrons.